The van der Waals surface area contributed by atoms with E-state index in [9.17, 15) is 0 Å². The van der Waals surface area contributed by atoms with E-state index in [1.807, 2.05) is 12.1 Å². The predicted octanol–water partition coefficient (Wildman–Crippen LogP) is 3.29. The quantitative estimate of drug-likeness (QED) is 0.305. The Kier molecular flexibility index (Phi) is 6.12. The summed E-state index contributed by atoms with van der Waals surface area (Å²) in [6, 6.07) is 3.75. The van der Waals surface area contributed by atoms with Crippen molar-refractivity contribution in [2.24, 2.45) is 0 Å². The number of nitrogens with zero attached hydrogens (tertiary/aromatic N) is 6. The second-order valence-corrected chi connectivity index (χ2v) is 6.74. The van der Waals surface area contributed by atoms with E-state index in [0.717, 1.165) is 35.0 Å². The molecule has 5 rings (SSSR count). The maximum atomic E-state index is 5.22. The first-order valence-electron chi connectivity index (χ1n) is 9.62. The topological polar surface area (TPSA) is 146 Å². The Hall–Kier alpha value is -4.28. The molecule has 0 bridgehead atoms. The van der Waals surface area contributed by atoms with Gasteiger partial charge >= 0.3 is 0 Å². The average Bonchev–Trinajstić information content (AvgIpc) is 3.54. The molecule has 31 heavy (non-hydrogen) atoms. The van der Waals surface area contributed by atoms with Crippen LogP contribution in [0.2, 0.25) is 0 Å². The zero-order valence-electron chi connectivity index (χ0n) is 17.1. The van der Waals surface area contributed by atoms with Crippen LogP contribution >= 0.6 is 0 Å². The maximum absolute atomic E-state index is 5.22. The summed E-state index contributed by atoms with van der Waals surface area (Å²) in [5.74, 6) is 2.36. The highest BCUT2D eigenvalue weighted by Gasteiger charge is 2.05. The Morgan fingerprint density at radius 1 is 0.903 bits per heavy atom. The number of fused-ring (bicyclic) bond motifs is 2. The molecule has 0 aliphatic rings. The van der Waals surface area contributed by atoms with E-state index in [0.29, 0.717) is 17.8 Å². The zero-order valence-corrected chi connectivity index (χ0v) is 17.1. The number of imidazole rings is 2. The molecule has 0 amide bonds. The number of anilines is 2. The number of aromatic nitrogens is 8. The van der Waals surface area contributed by atoms with Crippen LogP contribution in [0.4, 0.5) is 11.6 Å². The highest BCUT2D eigenvalue weighted by Crippen LogP contribution is 2.15. The number of furan rings is 1. The third-order valence-electron chi connectivity index (χ3n) is 4.24. The summed E-state index contributed by atoms with van der Waals surface area (Å²) in [7, 11) is 0. The molecule has 4 N–H and O–H groups in total. The Morgan fingerprint density at radius 2 is 1.55 bits per heavy atom. The number of nitrogens with one attached hydrogen (secondary N) is 4. The van der Waals surface area contributed by atoms with E-state index in [-0.39, 0.29) is 0 Å². The molecule has 0 saturated heterocycles. The standard InChI is InChI=1S/C10H9N5O.C10H13N5/c1-2-7(16-3-1)4-11-9-8-10(13-5-12-8)15-6-14-9;1-7(2)3-4-11-9-8-10(13-5-12-8)15-6-14-9/h1-3,5-6H,4H2,(H2,11,12,13,14,15);3,5-6H,4H2,1-2H3,(H2,11,12,13,14,15). The van der Waals surface area contributed by atoms with Crippen LogP contribution in [-0.4, -0.2) is 46.4 Å². The summed E-state index contributed by atoms with van der Waals surface area (Å²) in [6.07, 6.45) is 9.94. The van der Waals surface area contributed by atoms with Gasteiger partial charge in [-0.15, -0.1) is 0 Å². The molecule has 0 aliphatic carbocycles. The minimum absolute atomic E-state index is 0.581. The van der Waals surface area contributed by atoms with Crippen molar-refractivity contribution in [3.05, 3.63) is 61.1 Å². The van der Waals surface area contributed by atoms with Crippen molar-refractivity contribution in [2.75, 3.05) is 17.2 Å². The highest BCUT2D eigenvalue weighted by molar-refractivity contribution is 5.82. The van der Waals surface area contributed by atoms with Crippen LogP contribution in [0.3, 0.4) is 0 Å². The molecule has 0 aliphatic heterocycles. The summed E-state index contributed by atoms with van der Waals surface area (Å²) < 4.78 is 5.22. The SMILES string of the molecule is CC(C)=CCNc1ncnc2nc[nH]c12.c1coc(CNc2ncnc3nc[nH]c23)c1. The number of H-pyrrole nitrogens is 2. The third kappa shape index (κ3) is 5.01. The van der Waals surface area contributed by atoms with Gasteiger partial charge in [0.2, 0.25) is 0 Å². The van der Waals surface area contributed by atoms with Crippen LogP contribution < -0.4 is 10.6 Å². The summed E-state index contributed by atoms with van der Waals surface area (Å²) in [6.45, 7) is 5.46. The van der Waals surface area contributed by atoms with Gasteiger partial charge in [0.15, 0.2) is 22.9 Å². The first-order chi connectivity index (χ1) is 15.2. The summed E-state index contributed by atoms with van der Waals surface area (Å²) >= 11 is 0. The molecule has 0 fully saturated rings. The van der Waals surface area contributed by atoms with Crippen LogP contribution in [0.5, 0.6) is 0 Å². The molecule has 11 heteroatoms. The number of aromatic amines is 2. The summed E-state index contributed by atoms with van der Waals surface area (Å²) in [5.41, 5.74) is 4.26. The fourth-order valence-corrected chi connectivity index (χ4v) is 2.73. The van der Waals surface area contributed by atoms with Gasteiger partial charge in [-0.25, -0.2) is 29.9 Å². The van der Waals surface area contributed by atoms with Crippen LogP contribution in [0, 0.1) is 0 Å². The lowest BCUT2D eigenvalue weighted by atomic mass is 10.3. The minimum atomic E-state index is 0.581. The normalized spacial score (nSPS) is 10.5. The predicted molar refractivity (Wildman–Crippen MR) is 117 cm³/mol. The van der Waals surface area contributed by atoms with Crippen molar-refractivity contribution in [3.8, 4) is 0 Å². The van der Waals surface area contributed by atoms with E-state index in [2.05, 4.69) is 70.4 Å². The van der Waals surface area contributed by atoms with Gasteiger partial charge in [-0.2, -0.15) is 0 Å². The molecular weight excluding hydrogens is 396 g/mol. The van der Waals surface area contributed by atoms with Gasteiger partial charge in [0, 0.05) is 6.54 Å². The van der Waals surface area contributed by atoms with Gasteiger partial charge in [-0.1, -0.05) is 11.6 Å². The molecule has 0 aromatic carbocycles. The van der Waals surface area contributed by atoms with Crippen LogP contribution in [-0.2, 0) is 6.54 Å². The monoisotopic (exact) mass is 418 g/mol. The van der Waals surface area contributed by atoms with E-state index in [1.54, 1.807) is 18.9 Å². The van der Waals surface area contributed by atoms with Crippen LogP contribution in [0.1, 0.15) is 19.6 Å². The molecular formula is C20H22N10O. The Morgan fingerprint density at radius 3 is 2.13 bits per heavy atom. The average molecular weight is 418 g/mol. The Labute approximate surface area is 177 Å². The third-order valence-corrected chi connectivity index (χ3v) is 4.24. The van der Waals surface area contributed by atoms with E-state index in [1.165, 1.54) is 18.2 Å². The van der Waals surface area contributed by atoms with Crippen molar-refractivity contribution in [1.29, 1.82) is 0 Å². The van der Waals surface area contributed by atoms with Crippen molar-refractivity contribution in [1.82, 2.24) is 39.9 Å². The van der Waals surface area contributed by atoms with E-state index in [4.69, 9.17) is 4.42 Å². The van der Waals surface area contributed by atoms with Gasteiger partial charge in [-0.05, 0) is 26.0 Å². The molecule has 5 aromatic heterocycles. The zero-order chi connectivity index (χ0) is 21.5. The van der Waals surface area contributed by atoms with Crippen LogP contribution in [0.15, 0.2) is 59.8 Å². The van der Waals surface area contributed by atoms with E-state index >= 15 is 0 Å². The van der Waals surface area contributed by atoms with Gasteiger partial charge in [-0.3, -0.25) is 0 Å². The lowest BCUT2D eigenvalue weighted by Crippen LogP contribution is -2.02. The van der Waals surface area contributed by atoms with E-state index < -0.39 is 0 Å². The Bertz CT molecular complexity index is 1270. The number of hydrogen-bond donors (Lipinski definition) is 4. The molecule has 0 unspecified atom stereocenters. The molecule has 0 radical (unpaired) electrons. The van der Waals surface area contributed by atoms with Crippen molar-refractivity contribution in [2.45, 2.75) is 20.4 Å². The first kappa shape index (κ1) is 20.0. The molecule has 5 aromatic rings. The van der Waals surface area contributed by atoms with Gasteiger partial charge in [0.05, 0.1) is 25.5 Å². The summed E-state index contributed by atoms with van der Waals surface area (Å²) in [4.78, 5) is 30.5. The molecule has 0 spiro atoms. The van der Waals surface area contributed by atoms with Crippen LogP contribution in [0.25, 0.3) is 22.3 Å². The number of allylic oxidation sites excluding steroid dienone is 1. The highest BCUT2D eigenvalue weighted by atomic mass is 16.3. The molecule has 0 saturated carbocycles. The second kappa shape index (κ2) is 9.48. The van der Waals surface area contributed by atoms with Crippen molar-refractivity contribution >= 4 is 34.0 Å². The minimum Gasteiger partial charge on any atom is -0.467 e. The molecule has 11 nitrogen and oxygen atoms in total. The fourth-order valence-electron chi connectivity index (χ4n) is 2.73. The fraction of sp³-hybridized carbons (Fsp3) is 0.200. The molecule has 5 heterocycles. The largest absolute Gasteiger partial charge is 0.467 e. The lowest BCUT2D eigenvalue weighted by Gasteiger charge is -2.03. The second-order valence-electron chi connectivity index (χ2n) is 6.74. The molecule has 0 atom stereocenters. The maximum Gasteiger partial charge on any atom is 0.182 e. The van der Waals surface area contributed by atoms with Crippen molar-refractivity contribution < 1.29 is 4.42 Å². The first-order valence-corrected chi connectivity index (χ1v) is 9.62. The summed E-state index contributed by atoms with van der Waals surface area (Å²) in [5, 5.41) is 6.37. The van der Waals surface area contributed by atoms with Gasteiger partial charge < -0.3 is 25.0 Å². The van der Waals surface area contributed by atoms with Crippen molar-refractivity contribution in [3.63, 3.8) is 0 Å². The number of rotatable bonds is 6. The lowest BCUT2D eigenvalue weighted by molar-refractivity contribution is 0.518. The Balaban J connectivity index is 0.000000150. The van der Waals surface area contributed by atoms with Gasteiger partial charge in [0.25, 0.3) is 0 Å². The smallest absolute Gasteiger partial charge is 0.182 e. The molecule has 158 valence electrons. The number of hydrogen-bond acceptors (Lipinski definition) is 9. The van der Waals surface area contributed by atoms with Gasteiger partial charge in [0.1, 0.15) is 29.4 Å².